The number of hydrogen-bond donors (Lipinski definition) is 0. The third-order valence-electron chi connectivity index (χ3n) is 11.9. The number of nitrogens with zero attached hydrogens (tertiary/aromatic N) is 4. The Morgan fingerprint density at radius 3 is 1.40 bits per heavy atom. The van der Waals surface area contributed by atoms with Crippen LogP contribution in [0.3, 0.4) is 0 Å². The summed E-state index contributed by atoms with van der Waals surface area (Å²) < 4.78 is 4.52. The second kappa shape index (κ2) is 13.8. The first-order valence-electron chi connectivity index (χ1n) is 20.4. The summed E-state index contributed by atoms with van der Waals surface area (Å²) >= 11 is 0. The van der Waals surface area contributed by atoms with E-state index in [1.807, 2.05) is 0 Å². The van der Waals surface area contributed by atoms with Crippen LogP contribution in [0, 0.1) is 0 Å². The molecule has 12 aromatic rings. The zero-order chi connectivity index (χ0) is 39.6. The van der Waals surface area contributed by atoms with Gasteiger partial charge in [0.2, 0.25) is 0 Å². The summed E-state index contributed by atoms with van der Waals surface area (Å²) in [6, 6.07) is 78.0. The third kappa shape index (κ3) is 5.46. The summed E-state index contributed by atoms with van der Waals surface area (Å²) in [4.78, 5) is 10.2. The van der Waals surface area contributed by atoms with Crippen molar-refractivity contribution in [3.8, 4) is 56.4 Å². The molecule has 0 saturated heterocycles. The quantitative estimate of drug-likeness (QED) is 0.125. The number of para-hydroxylation sites is 6. The van der Waals surface area contributed by atoms with Gasteiger partial charge in [-0.1, -0.05) is 164 Å². The third-order valence-corrected chi connectivity index (χ3v) is 11.9. The lowest BCUT2D eigenvalue weighted by Gasteiger charge is -2.16. The van der Waals surface area contributed by atoms with Gasteiger partial charge in [0.15, 0.2) is 0 Å². The molecule has 0 amide bonds. The summed E-state index contributed by atoms with van der Waals surface area (Å²) in [5.41, 5.74) is 13.3. The van der Waals surface area contributed by atoms with Crippen LogP contribution >= 0.6 is 0 Å². The van der Waals surface area contributed by atoms with E-state index in [4.69, 9.17) is 9.97 Å². The van der Waals surface area contributed by atoms with E-state index < -0.39 is 0 Å². The second-order valence-electron chi connectivity index (χ2n) is 15.4. The van der Waals surface area contributed by atoms with Crippen LogP contribution in [0.15, 0.2) is 218 Å². The molecular weight excluding hydrogens is 729 g/mol. The van der Waals surface area contributed by atoms with E-state index in [0.717, 1.165) is 56.2 Å². The first-order valence-corrected chi connectivity index (χ1v) is 20.4. The maximum absolute atomic E-state index is 5.13. The van der Waals surface area contributed by atoms with Crippen LogP contribution in [-0.4, -0.2) is 19.1 Å². The number of rotatable bonds is 6. The van der Waals surface area contributed by atoms with Gasteiger partial charge in [0, 0.05) is 22.5 Å². The van der Waals surface area contributed by atoms with Gasteiger partial charge in [0.05, 0.1) is 22.1 Å². The zero-order valence-corrected chi connectivity index (χ0v) is 32.6. The summed E-state index contributed by atoms with van der Waals surface area (Å²) in [5, 5.41) is 7.40. The van der Waals surface area contributed by atoms with Crippen molar-refractivity contribution in [3.05, 3.63) is 218 Å². The second-order valence-corrected chi connectivity index (χ2v) is 15.4. The molecule has 0 radical (unpaired) electrons. The Morgan fingerprint density at radius 2 is 0.783 bits per heavy atom. The van der Waals surface area contributed by atoms with Gasteiger partial charge < -0.3 is 0 Å². The highest BCUT2D eigenvalue weighted by atomic mass is 15.1. The highest BCUT2D eigenvalue weighted by Gasteiger charge is 2.18. The Morgan fingerprint density at radius 1 is 0.300 bits per heavy atom. The number of imidazole rings is 2. The van der Waals surface area contributed by atoms with Gasteiger partial charge in [0.1, 0.15) is 11.6 Å². The van der Waals surface area contributed by atoms with E-state index in [9.17, 15) is 0 Å². The lowest BCUT2D eigenvalue weighted by atomic mass is 9.88. The van der Waals surface area contributed by atoms with Crippen LogP contribution in [0.5, 0.6) is 0 Å². The van der Waals surface area contributed by atoms with Gasteiger partial charge in [-0.15, -0.1) is 0 Å². The monoisotopic (exact) mass is 764 g/mol. The van der Waals surface area contributed by atoms with Crippen molar-refractivity contribution in [3.63, 3.8) is 0 Å². The molecule has 280 valence electrons. The fourth-order valence-corrected chi connectivity index (χ4v) is 9.17. The molecule has 2 heterocycles. The van der Waals surface area contributed by atoms with E-state index in [1.165, 1.54) is 54.6 Å². The Hall–Kier alpha value is -8.08. The van der Waals surface area contributed by atoms with Crippen molar-refractivity contribution >= 4 is 54.4 Å². The molecule has 0 saturated carbocycles. The molecule has 0 aliphatic carbocycles. The smallest absolute Gasteiger partial charge is 0.145 e. The maximum Gasteiger partial charge on any atom is 0.145 e. The number of hydrogen-bond acceptors (Lipinski definition) is 2. The number of benzene rings is 10. The highest BCUT2D eigenvalue weighted by molar-refractivity contribution is 6.21. The minimum absolute atomic E-state index is 0.929. The Bertz CT molecular complexity index is 3560. The SMILES string of the molecule is c1ccc(-n2c(-c3ccc(-c4cccc5c4ccc4c(-c6ccc(-c7nc8ccccc8n7-c7ccccc7)cc6)c6ccccc6cc45)cc3)nc3ccccc32)cc1. The molecule has 2 aromatic heterocycles. The van der Waals surface area contributed by atoms with Gasteiger partial charge in [-0.3, -0.25) is 9.13 Å². The molecule has 0 aliphatic rings. The normalized spacial score (nSPS) is 11.7. The average molecular weight is 765 g/mol. The number of fused-ring (bicyclic) bond motifs is 6. The van der Waals surface area contributed by atoms with Crippen molar-refractivity contribution in [2.45, 2.75) is 0 Å². The lowest BCUT2D eigenvalue weighted by Crippen LogP contribution is -1.97. The van der Waals surface area contributed by atoms with Crippen LogP contribution in [0.25, 0.3) is 111 Å². The van der Waals surface area contributed by atoms with Gasteiger partial charge in [-0.2, -0.15) is 0 Å². The molecule has 12 rings (SSSR count). The molecule has 60 heavy (non-hydrogen) atoms. The van der Waals surface area contributed by atoms with Crippen LogP contribution in [0.4, 0.5) is 0 Å². The standard InChI is InChI=1S/C56H36N4/c1-3-15-42(16-4-1)59-52-24-11-9-22-50(52)57-55(59)39-30-26-37(27-31-39)44-20-13-21-46-47(44)34-35-48-49(46)36-41-14-7-8-19-45(41)54(48)38-28-32-40(33-29-38)56-58-51-23-10-12-25-53(51)60(56)43-17-5-2-6-18-43/h1-36H. The van der Waals surface area contributed by atoms with E-state index in [0.29, 0.717) is 0 Å². The fraction of sp³-hybridized carbons (Fsp3) is 0. The van der Waals surface area contributed by atoms with E-state index >= 15 is 0 Å². The molecule has 0 aliphatic heterocycles. The van der Waals surface area contributed by atoms with Crippen LogP contribution in [-0.2, 0) is 0 Å². The molecule has 4 heteroatoms. The van der Waals surface area contributed by atoms with Crippen LogP contribution in [0.2, 0.25) is 0 Å². The van der Waals surface area contributed by atoms with Gasteiger partial charge in [-0.05, 0) is 109 Å². The zero-order valence-electron chi connectivity index (χ0n) is 32.6. The maximum atomic E-state index is 5.13. The Labute approximate surface area is 346 Å². The van der Waals surface area contributed by atoms with Gasteiger partial charge in [0.25, 0.3) is 0 Å². The molecule has 0 bridgehead atoms. The molecule has 0 unspecified atom stereocenters. The topological polar surface area (TPSA) is 35.6 Å². The minimum atomic E-state index is 0.929. The molecule has 10 aromatic carbocycles. The van der Waals surface area contributed by atoms with Crippen molar-refractivity contribution in [2.24, 2.45) is 0 Å². The van der Waals surface area contributed by atoms with Crippen LogP contribution < -0.4 is 0 Å². The molecule has 4 nitrogen and oxygen atoms in total. The van der Waals surface area contributed by atoms with E-state index in [2.05, 4.69) is 228 Å². The summed E-state index contributed by atoms with van der Waals surface area (Å²) in [7, 11) is 0. The van der Waals surface area contributed by atoms with Crippen LogP contribution in [0.1, 0.15) is 0 Å². The number of aromatic nitrogens is 4. The molecule has 0 spiro atoms. The molecule has 0 atom stereocenters. The van der Waals surface area contributed by atoms with E-state index in [1.54, 1.807) is 0 Å². The summed E-state index contributed by atoms with van der Waals surface area (Å²) in [6.07, 6.45) is 0. The van der Waals surface area contributed by atoms with Crippen molar-refractivity contribution < 1.29 is 0 Å². The molecular formula is C56H36N4. The molecule has 0 fully saturated rings. The average Bonchev–Trinajstić information content (AvgIpc) is 3.91. The summed E-state index contributed by atoms with van der Waals surface area (Å²) in [6.45, 7) is 0. The fourth-order valence-electron chi connectivity index (χ4n) is 9.17. The van der Waals surface area contributed by atoms with E-state index in [-0.39, 0.29) is 0 Å². The van der Waals surface area contributed by atoms with Gasteiger partial charge >= 0.3 is 0 Å². The minimum Gasteiger partial charge on any atom is -0.292 e. The Balaban J connectivity index is 0.968. The molecule has 0 N–H and O–H groups in total. The van der Waals surface area contributed by atoms with Crippen molar-refractivity contribution in [2.75, 3.05) is 0 Å². The first-order chi connectivity index (χ1) is 29.8. The lowest BCUT2D eigenvalue weighted by molar-refractivity contribution is 1.10. The predicted octanol–water partition coefficient (Wildman–Crippen LogP) is 14.5. The highest BCUT2D eigenvalue weighted by Crippen LogP contribution is 2.42. The predicted molar refractivity (Wildman–Crippen MR) is 250 cm³/mol. The summed E-state index contributed by atoms with van der Waals surface area (Å²) in [5.74, 6) is 1.86. The van der Waals surface area contributed by atoms with Gasteiger partial charge in [-0.25, -0.2) is 9.97 Å². The van der Waals surface area contributed by atoms with Crippen molar-refractivity contribution in [1.82, 2.24) is 19.1 Å². The van der Waals surface area contributed by atoms with Crippen molar-refractivity contribution in [1.29, 1.82) is 0 Å². The first kappa shape index (κ1) is 34.0. The Kier molecular flexibility index (Phi) is 7.82. The largest absolute Gasteiger partial charge is 0.292 e.